The van der Waals surface area contributed by atoms with Crippen LogP contribution in [0.2, 0.25) is 0 Å². The SMILES string of the molecule is O=C(O)c1cccc(-n2cc(-c3ccc(-c4ccc5c(c4)OCCO5)cc3)nn2)c1. The standard InChI is InChI=1S/C23H17N3O4/c27-23(28)18-2-1-3-19(12-18)26-14-20(24-25-26)16-6-4-15(5-7-16)17-8-9-21-22(13-17)30-11-10-29-21/h1-9,12-14H,10-11H2,(H,27,28). The van der Waals surface area contributed by atoms with Crippen LogP contribution in [0.3, 0.4) is 0 Å². The second-order valence-corrected chi connectivity index (χ2v) is 6.84. The van der Waals surface area contributed by atoms with Gasteiger partial charge in [-0.05, 0) is 41.5 Å². The molecule has 0 saturated heterocycles. The Hall–Kier alpha value is -4.13. The van der Waals surface area contributed by atoms with Gasteiger partial charge in [-0.2, -0.15) is 0 Å². The fourth-order valence-corrected chi connectivity index (χ4v) is 3.36. The smallest absolute Gasteiger partial charge is 0.335 e. The van der Waals surface area contributed by atoms with Gasteiger partial charge in [0.25, 0.3) is 0 Å². The van der Waals surface area contributed by atoms with Crippen molar-refractivity contribution in [2.75, 3.05) is 13.2 Å². The number of aromatic nitrogens is 3. The van der Waals surface area contributed by atoms with Crippen LogP contribution < -0.4 is 9.47 Å². The normalized spacial score (nSPS) is 12.5. The summed E-state index contributed by atoms with van der Waals surface area (Å²) in [6.07, 6.45) is 1.78. The highest BCUT2D eigenvalue weighted by Gasteiger charge is 2.13. The van der Waals surface area contributed by atoms with Crippen LogP contribution in [-0.4, -0.2) is 39.3 Å². The molecule has 1 aromatic heterocycles. The number of hydrogen-bond acceptors (Lipinski definition) is 5. The van der Waals surface area contributed by atoms with E-state index in [1.54, 1.807) is 35.1 Å². The number of carboxylic acids is 1. The Balaban J connectivity index is 1.40. The van der Waals surface area contributed by atoms with Crippen molar-refractivity contribution in [3.63, 3.8) is 0 Å². The highest BCUT2D eigenvalue weighted by atomic mass is 16.6. The van der Waals surface area contributed by atoms with E-state index in [0.717, 1.165) is 28.2 Å². The average molecular weight is 399 g/mol. The van der Waals surface area contributed by atoms with Crippen molar-refractivity contribution in [2.24, 2.45) is 0 Å². The molecular weight excluding hydrogens is 382 g/mol. The summed E-state index contributed by atoms with van der Waals surface area (Å²) in [5.74, 6) is 0.548. The Bertz CT molecular complexity index is 1230. The Morgan fingerprint density at radius 2 is 1.60 bits per heavy atom. The molecule has 7 heteroatoms. The molecule has 0 fully saturated rings. The first-order valence-electron chi connectivity index (χ1n) is 9.44. The maximum atomic E-state index is 11.2. The predicted molar refractivity (Wildman–Crippen MR) is 110 cm³/mol. The first-order valence-corrected chi connectivity index (χ1v) is 9.44. The second-order valence-electron chi connectivity index (χ2n) is 6.84. The van der Waals surface area contributed by atoms with Gasteiger partial charge in [-0.15, -0.1) is 5.10 Å². The number of benzene rings is 3. The number of ether oxygens (including phenoxy) is 2. The predicted octanol–water partition coefficient (Wildman–Crippen LogP) is 4.07. The van der Waals surface area contributed by atoms with Gasteiger partial charge in [0.1, 0.15) is 18.9 Å². The molecule has 5 rings (SSSR count). The van der Waals surface area contributed by atoms with Crippen molar-refractivity contribution in [1.29, 1.82) is 0 Å². The summed E-state index contributed by atoms with van der Waals surface area (Å²) in [5.41, 5.74) is 4.55. The van der Waals surface area contributed by atoms with Crippen molar-refractivity contribution in [1.82, 2.24) is 15.0 Å². The number of carboxylic acid groups (broad SMARTS) is 1. The molecule has 3 aromatic carbocycles. The fourth-order valence-electron chi connectivity index (χ4n) is 3.36. The van der Waals surface area contributed by atoms with Gasteiger partial charge >= 0.3 is 5.97 Å². The first-order chi connectivity index (χ1) is 14.7. The van der Waals surface area contributed by atoms with Crippen LogP contribution in [0, 0.1) is 0 Å². The maximum Gasteiger partial charge on any atom is 0.335 e. The van der Waals surface area contributed by atoms with Gasteiger partial charge in [0.2, 0.25) is 0 Å². The third kappa shape index (κ3) is 3.37. The van der Waals surface area contributed by atoms with Crippen LogP contribution in [-0.2, 0) is 0 Å². The largest absolute Gasteiger partial charge is 0.486 e. The summed E-state index contributed by atoms with van der Waals surface area (Å²) >= 11 is 0. The molecule has 0 spiro atoms. The molecule has 2 heterocycles. The van der Waals surface area contributed by atoms with Crippen LogP contribution in [0.5, 0.6) is 11.5 Å². The molecule has 1 aliphatic heterocycles. The maximum absolute atomic E-state index is 11.2. The van der Waals surface area contributed by atoms with Gasteiger partial charge in [0.15, 0.2) is 11.5 Å². The minimum Gasteiger partial charge on any atom is -0.486 e. The fraction of sp³-hybridized carbons (Fsp3) is 0.0870. The quantitative estimate of drug-likeness (QED) is 0.557. The molecular formula is C23H17N3O4. The number of aromatic carboxylic acids is 1. The van der Waals surface area contributed by atoms with Gasteiger partial charge in [-0.1, -0.05) is 41.6 Å². The molecule has 4 aromatic rings. The third-order valence-corrected chi connectivity index (χ3v) is 4.91. The van der Waals surface area contributed by atoms with E-state index in [0.29, 0.717) is 24.6 Å². The molecule has 1 aliphatic rings. The van der Waals surface area contributed by atoms with Crippen molar-refractivity contribution < 1.29 is 19.4 Å². The summed E-state index contributed by atoms with van der Waals surface area (Å²) in [5, 5.41) is 17.5. The van der Waals surface area contributed by atoms with E-state index in [1.807, 2.05) is 42.5 Å². The number of nitrogens with zero attached hydrogens (tertiary/aromatic N) is 3. The lowest BCUT2D eigenvalue weighted by atomic mass is 10.0. The Labute approximate surface area is 172 Å². The van der Waals surface area contributed by atoms with E-state index in [9.17, 15) is 4.79 Å². The summed E-state index contributed by atoms with van der Waals surface area (Å²) in [7, 11) is 0. The summed E-state index contributed by atoms with van der Waals surface area (Å²) in [4.78, 5) is 11.2. The molecule has 0 bridgehead atoms. The summed E-state index contributed by atoms with van der Waals surface area (Å²) < 4.78 is 12.8. The Kier molecular flexibility index (Phi) is 4.40. The molecule has 0 radical (unpaired) electrons. The topological polar surface area (TPSA) is 86.5 Å². The van der Waals surface area contributed by atoms with E-state index in [2.05, 4.69) is 10.3 Å². The second kappa shape index (κ2) is 7.36. The van der Waals surface area contributed by atoms with Crippen LogP contribution >= 0.6 is 0 Å². The molecule has 0 aliphatic carbocycles. The zero-order chi connectivity index (χ0) is 20.5. The Morgan fingerprint density at radius 3 is 2.40 bits per heavy atom. The third-order valence-electron chi connectivity index (χ3n) is 4.91. The van der Waals surface area contributed by atoms with Crippen LogP contribution in [0.4, 0.5) is 0 Å². The van der Waals surface area contributed by atoms with Crippen LogP contribution in [0.15, 0.2) is 72.9 Å². The van der Waals surface area contributed by atoms with Gasteiger partial charge in [0.05, 0.1) is 17.4 Å². The zero-order valence-electron chi connectivity index (χ0n) is 15.9. The van der Waals surface area contributed by atoms with Gasteiger partial charge in [-0.25, -0.2) is 9.48 Å². The van der Waals surface area contributed by atoms with Gasteiger partial charge in [0, 0.05) is 5.56 Å². The van der Waals surface area contributed by atoms with E-state index in [-0.39, 0.29) is 5.56 Å². The van der Waals surface area contributed by atoms with Crippen molar-refractivity contribution in [3.8, 4) is 39.6 Å². The zero-order valence-corrected chi connectivity index (χ0v) is 15.9. The average Bonchev–Trinajstić information content (AvgIpc) is 3.29. The van der Waals surface area contributed by atoms with Crippen molar-refractivity contribution in [2.45, 2.75) is 0 Å². The highest BCUT2D eigenvalue weighted by molar-refractivity contribution is 5.88. The number of hydrogen-bond donors (Lipinski definition) is 1. The number of fused-ring (bicyclic) bond motifs is 1. The van der Waals surface area contributed by atoms with Crippen LogP contribution in [0.25, 0.3) is 28.1 Å². The van der Waals surface area contributed by atoms with Crippen molar-refractivity contribution >= 4 is 5.97 Å². The van der Waals surface area contributed by atoms with E-state index in [1.165, 1.54) is 0 Å². The summed E-state index contributed by atoms with van der Waals surface area (Å²) in [6, 6.07) is 20.5. The first kappa shape index (κ1) is 17.9. The molecule has 30 heavy (non-hydrogen) atoms. The molecule has 7 nitrogen and oxygen atoms in total. The number of carbonyl (C=O) groups is 1. The molecule has 0 saturated carbocycles. The summed E-state index contributed by atoms with van der Waals surface area (Å²) in [6.45, 7) is 1.13. The van der Waals surface area contributed by atoms with E-state index in [4.69, 9.17) is 14.6 Å². The molecule has 0 atom stereocenters. The van der Waals surface area contributed by atoms with Crippen LogP contribution in [0.1, 0.15) is 10.4 Å². The molecule has 1 N–H and O–H groups in total. The van der Waals surface area contributed by atoms with Crippen molar-refractivity contribution in [3.05, 3.63) is 78.5 Å². The molecule has 0 amide bonds. The Morgan fingerprint density at radius 1 is 0.867 bits per heavy atom. The minimum absolute atomic E-state index is 0.202. The number of rotatable bonds is 4. The monoisotopic (exact) mass is 399 g/mol. The lowest BCUT2D eigenvalue weighted by Crippen LogP contribution is -2.15. The minimum atomic E-state index is -0.980. The highest BCUT2D eigenvalue weighted by Crippen LogP contribution is 2.35. The molecule has 148 valence electrons. The lowest BCUT2D eigenvalue weighted by molar-refractivity contribution is 0.0697. The molecule has 0 unspecified atom stereocenters. The van der Waals surface area contributed by atoms with Gasteiger partial charge < -0.3 is 14.6 Å². The van der Waals surface area contributed by atoms with E-state index < -0.39 is 5.97 Å². The van der Waals surface area contributed by atoms with E-state index >= 15 is 0 Å². The van der Waals surface area contributed by atoms with Gasteiger partial charge in [-0.3, -0.25) is 0 Å². The lowest BCUT2D eigenvalue weighted by Gasteiger charge is -2.19.